The fourth-order valence-corrected chi connectivity index (χ4v) is 3.04. The lowest BCUT2D eigenvalue weighted by Gasteiger charge is -2.12. The van der Waals surface area contributed by atoms with Crippen LogP contribution < -0.4 is 0 Å². The Balaban J connectivity index is 2.24. The summed E-state index contributed by atoms with van der Waals surface area (Å²) in [7, 11) is 0. The van der Waals surface area contributed by atoms with Gasteiger partial charge in [-0.25, -0.2) is 0 Å². The molecule has 3 rings (SSSR count). The topological polar surface area (TPSA) is 67.3 Å². The standard InChI is InChI=1S/C13H9NO3S/c1-6(15)10-4-8-11(16)7-2-3-14-5-9(7)12(17)13(8)18-10/h2-6,15H,1H3. The van der Waals surface area contributed by atoms with Crippen molar-refractivity contribution in [3.8, 4) is 0 Å². The lowest BCUT2D eigenvalue weighted by molar-refractivity contribution is 0.0982. The van der Waals surface area contributed by atoms with Gasteiger partial charge < -0.3 is 5.11 Å². The van der Waals surface area contributed by atoms with E-state index in [0.29, 0.717) is 26.4 Å². The number of hydrogen-bond acceptors (Lipinski definition) is 5. The molecule has 1 atom stereocenters. The minimum absolute atomic E-state index is 0.176. The molecule has 18 heavy (non-hydrogen) atoms. The van der Waals surface area contributed by atoms with Crippen LogP contribution in [0.1, 0.15) is 49.1 Å². The number of pyridine rings is 1. The third-order valence-electron chi connectivity index (χ3n) is 2.92. The molecule has 2 aromatic heterocycles. The number of carbonyl (C=O) groups is 2. The Morgan fingerprint density at radius 2 is 2.00 bits per heavy atom. The second-order valence-electron chi connectivity index (χ2n) is 4.15. The van der Waals surface area contributed by atoms with E-state index in [2.05, 4.69) is 4.98 Å². The van der Waals surface area contributed by atoms with Gasteiger partial charge in [-0.1, -0.05) is 0 Å². The zero-order chi connectivity index (χ0) is 12.9. The average Bonchev–Trinajstić information content (AvgIpc) is 2.81. The molecule has 5 heteroatoms. The summed E-state index contributed by atoms with van der Waals surface area (Å²) in [5, 5.41) is 9.54. The Kier molecular flexibility index (Phi) is 2.39. The van der Waals surface area contributed by atoms with Gasteiger partial charge in [0.15, 0.2) is 5.78 Å². The first-order valence-corrected chi connectivity index (χ1v) is 6.26. The van der Waals surface area contributed by atoms with Crippen molar-refractivity contribution in [2.45, 2.75) is 13.0 Å². The lowest BCUT2D eigenvalue weighted by Crippen LogP contribution is -2.18. The molecule has 1 aliphatic rings. The molecule has 0 saturated carbocycles. The molecule has 1 N–H and O–H groups in total. The van der Waals surface area contributed by atoms with Gasteiger partial charge in [-0.15, -0.1) is 11.3 Å². The number of aromatic nitrogens is 1. The molecule has 0 radical (unpaired) electrons. The number of rotatable bonds is 1. The third-order valence-corrected chi connectivity index (χ3v) is 4.23. The van der Waals surface area contributed by atoms with Crippen molar-refractivity contribution in [3.63, 3.8) is 0 Å². The fraction of sp³-hybridized carbons (Fsp3) is 0.154. The van der Waals surface area contributed by atoms with Crippen LogP contribution in [-0.2, 0) is 0 Å². The summed E-state index contributed by atoms with van der Waals surface area (Å²) in [6, 6.07) is 3.16. The number of aliphatic hydroxyl groups is 1. The molecule has 0 spiro atoms. The maximum atomic E-state index is 12.2. The first-order chi connectivity index (χ1) is 8.59. The van der Waals surface area contributed by atoms with Crippen molar-refractivity contribution in [3.05, 3.63) is 51.0 Å². The number of aliphatic hydroxyl groups excluding tert-OH is 1. The van der Waals surface area contributed by atoms with Gasteiger partial charge in [0.05, 0.1) is 16.5 Å². The Morgan fingerprint density at radius 1 is 1.22 bits per heavy atom. The van der Waals surface area contributed by atoms with Gasteiger partial charge in [0, 0.05) is 28.4 Å². The summed E-state index contributed by atoms with van der Waals surface area (Å²) in [5.74, 6) is -0.366. The van der Waals surface area contributed by atoms with Gasteiger partial charge in [-0.05, 0) is 19.1 Å². The highest BCUT2D eigenvalue weighted by atomic mass is 32.1. The Morgan fingerprint density at radius 3 is 2.72 bits per heavy atom. The predicted molar refractivity (Wildman–Crippen MR) is 66.1 cm³/mol. The molecular formula is C13H9NO3S. The van der Waals surface area contributed by atoms with E-state index in [1.807, 2.05) is 0 Å². The van der Waals surface area contributed by atoms with E-state index in [0.717, 1.165) is 0 Å². The molecule has 2 heterocycles. The van der Waals surface area contributed by atoms with Gasteiger partial charge in [0.1, 0.15) is 0 Å². The maximum Gasteiger partial charge on any atom is 0.206 e. The number of nitrogens with zero attached hydrogens (tertiary/aromatic N) is 1. The van der Waals surface area contributed by atoms with Crippen LogP contribution in [0.2, 0.25) is 0 Å². The molecule has 1 unspecified atom stereocenters. The van der Waals surface area contributed by atoms with Crippen molar-refractivity contribution in [1.82, 2.24) is 4.98 Å². The van der Waals surface area contributed by atoms with Crippen LogP contribution in [-0.4, -0.2) is 21.7 Å². The van der Waals surface area contributed by atoms with Crippen LogP contribution in [0.25, 0.3) is 0 Å². The molecule has 0 amide bonds. The number of fused-ring (bicyclic) bond motifs is 2. The Labute approximate surface area is 107 Å². The van der Waals surface area contributed by atoms with Crippen LogP contribution in [0, 0.1) is 0 Å². The molecule has 1 aliphatic carbocycles. The van der Waals surface area contributed by atoms with E-state index in [9.17, 15) is 14.7 Å². The van der Waals surface area contributed by atoms with E-state index in [1.54, 1.807) is 19.1 Å². The van der Waals surface area contributed by atoms with Gasteiger partial charge in [0.2, 0.25) is 5.78 Å². The Hall–Kier alpha value is -1.85. The number of carbonyl (C=O) groups excluding carboxylic acids is 2. The Bertz CT molecular complexity index is 620. The second kappa shape index (κ2) is 3.83. The molecule has 0 aromatic carbocycles. The smallest absolute Gasteiger partial charge is 0.206 e. The largest absolute Gasteiger partial charge is 0.388 e. The zero-order valence-electron chi connectivity index (χ0n) is 9.51. The van der Waals surface area contributed by atoms with E-state index < -0.39 is 6.10 Å². The van der Waals surface area contributed by atoms with Crippen LogP contribution in [0.5, 0.6) is 0 Å². The molecule has 2 aromatic rings. The quantitative estimate of drug-likeness (QED) is 0.725. The van der Waals surface area contributed by atoms with Gasteiger partial charge >= 0.3 is 0 Å². The molecule has 0 aliphatic heterocycles. The highest BCUT2D eigenvalue weighted by Gasteiger charge is 2.32. The SMILES string of the molecule is CC(O)c1cc2c(s1)C(=O)c1cnccc1C2=O. The summed E-state index contributed by atoms with van der Waals surface area (Å²) in [4.78, 5) is 29.4. The fourth-order valence-electron chi connectivity index (χ4n) is 1.99. The van der Waals surface area contributed by atoms with E-state index in [4.69, 9.17) is 0 Å². The van der Waals surface area contributed by atoms with Gasteiger partial charge in [-0.3, -0.25) is 14.6 Å². The maximum absolute atomic E-state index is 12.2. The molecule has 90 valence electrons. The van der Waals surface area contributed by atoms with Crippen LogP contribution in [0.3, 0.4) is 0 Å². The number of ketones is 2. The van der Waals surface area contributed by atoms with Crippen molar-refractivity contribution in [1.29, 1.82) is 0 Å². The van der Waals surface area contributed by atoms with E-state index in [1.165, 1.54) is 23.7 Å². The normalized spacial score (nSPS) is 15.2. The van der Waals surface area contributed by atoms with E-state index in [-0.39, 0.29) is 11.6 Å². The van der Waals surface area contributed by atoms with Gasteiger partial charge in [0.25, 0.3) is 0 Å². The first kappa shape index (κ1) is 11.3. The summed E-state index contributed by atoms with van der Waals surface area (Å²) < 4.78 is 0. The van der Waals surface area contributed by atoms with Crippen LogP contribution in [0.4, 0.5) is 0 Å². The molecular weight excluding hydrogens is 250 g/mol. The van der Waals surface area contributed by atoms with Crippen molar-refractivity contribution >= 4 is 22.9 Å². The van der Waals surface area contributed by atoms with Crippen LogP contribution >= 0.6 is 11.3 Å². The average molecular weight is 259 g/mol. The zero-order valence-corrected chi connectivity index (χ0v) is 10.3. The van der Waals surface area contributed by atoms with Gasteiger partial charge in [-0.2, -0.15) is 0 Å². The first-order valence-electron chi connectivity index (χ1n) is 5.45. The summed E-state index contributed by atoms with van der Waals surface area (Å²) in [5.41, 5.74) is 1.12. The second-order valence-corrected chi connectivity index (χ2v) is 5.23. The van der Waals surface area contributed by atoms with Crippen molar-refractivity contribution in [2.75, 3.05) is 0 Å². The minimum atomic E-state index is -0.678. The number of hydrogen-bond donors (Lipinski definition) is 1. The summed E-state index contributed by atoms with van der Waals surface area (Å²) in [6.45, 7) is 1.61. The van der Waals surface area contributed by atoms with Crippen molar-refractivity contribution in [2.24, 2.45) is 0 Å². The van der Waals surface area contributed by atoms with Crippen molar-refractivity contribution < 1.29 is 14.7 Å². The molecule has 0 bridgehead atoms. The molecule has 4 nitrogen and oxygen atoms in total. The summed E-state index contributed by atoms with van der Waals surface area (Å²) >= 11 is 1.17. The highest BCUT2D eigenvalue weighted by Crippen LogP contribution is 2.35. The highest BCUT2D eigenvalue weighted by molar-refractivity contribution is 7.14. The lowest BCUT2D eigenvalue weighted by atomic mass is 9.90. The molecule has 0 fully saturated rings. The summed E-state index contributed by atoms with van der Waals surface area (Å²) in [6.07, 6.45) is 2.24. The van der Waals surface area contributed by atoms with Crippen LogP contribution in [0.15, 0.2) is 24.5 Å². The number of thiophene rings is 1. The van der Waals surface area contributed by atoms with E-state index >= 15 is 0 Å². The predicted octanol–water partition coefficient (Wildman–Crippen LogP) is 1.97. The minimum Gasteiger partial charge on any atom is -0.388 e. The third kappa shape index (κ3) is 1.45. The monoisotopic (exact) mass is 259 g/mol. The molecule has 0 saturated heterocycles.